The van der Waals surface area contributed by atoms with Crippen LogP contribution in [0.4, 0.5) is 0 Å². The largest absolute Gasteiger partial charge is 0.497 e. The van der Waals surface area contributed by atoms with Gasteiger partial charge in [-0.25, -0.2) is 0 Å². The Morgan fingerprint density at radius 1 is 1.38 bits per heavy atom. The Hall–Kier alpha value is -1.81. The number of rotatable bonds is 5. The van der Waals surface area contributed by atoms with Crippen LogP contribution in [0.25, 0.3) is 0 Å². The molecule has 1 aliphatic carbocycles. The van der Waals surface area contributed by atoms with Gasteiger partial charge in [0.05, 0.1) is 13.0 Å². The van der Waals surface area contributed by atoms with Crippen molar-refractivity contribution in [3.05, 3.63) is 41.0 Å². The fraction of sp³-hybridized carbons (Fsp3) is 0.550. The Bertz CT molecular complexity index is 624. The topological polar surface area (TPSA) is 41.6 Å². The zero-order valence-corrected chi connectivity index (χ0v) is 14.8. The van der Waals surface area contributed by atoms with E-state index in [9.17, 15) is 4.79 Å². The minimum atomic E-state index is -0.0349. The maximum Gasteiger partial charge on any atom is 0.227 e. The van der Waals surface area contributed by atoms with E-state index in [-0.39, 0.29) is 11.8 Å². The predicted octanol–water partition coefficient (Wildman–Crippen LogP) is 2.88. The Kier molecular flexibility index (Phi) is 5.56. The van der Waals surface area contributed by atoms with Gasteiger partial charge in [-0.3, -0.25) is 9.69 Å². The summed E-state index contributed by atoms with van der Waals surface area (Å²) in [5.41, 5.74) is 3.91. The average molecular weight is 328 g/mol. The molecule has 0 saturated heterocycles. The minimum absolute atomic E-state index is 0.0349. The molecule has 0 fully saturated rings. The molecule has 1 aromatic carbocycles. The molecular formula is C20H28N2O2. The molecule has 1 aliphatic heterocycles. The number of nitrogens with zero attached hydrogens (tertiary/aromatic N) is 1. The van der Waals surface area contributed by atoms with Gasteiger partial charge >= 0.3 is 0 Å². The summed E-state index contributed by atoms with van der Waals surface area (Å²) in [7, 11) is 1.68. The molecule has 1 amide bonds. The number of benzene rings is 1. The first kappa shape index (κ1) is 17.0. The number of hydrogen-bond donors (Lipinski definition) is 1. The summed E-state index contributed by atoms with van der Waals surface area (Å²) < 4.78 is 5.33. The number of carbonyl (C=O) groups is 1. The highest BCUT2D eigenvalue weighted by Gasteiger charge is 2.26. The fourth-order valence-electron chi connectivity index (χ4n) is 3.65. The van der Waals surface area contributed by atoms with Crippen molar-refractivity contribution in [1.29, 1.82) is 0 Å². The number of aryl methyl sites for hydroxylation is 1. The van der Waals surface area contributed by atoms with Crippen LogP contribution >= 0.6 is 0 Å². The number of methoxy groups -OCH3 is 1. The van der Waals surface area contributed by atoms with Crippen molar-refractivity contribution in [1.82, 2.24) is 10.2 Å². The molecule has 0 aromatic heterocycles. The second-order valence-corrected chi connectivity index (χ2v) is 6.90. The zero-order valence-electron chi connectivity index (χ0n) is 14.8. The molecule has 0 radical (unpaired) electrons. The molecule has 24 heavy (non-hydrogen) atoms. The van der Waals surface area contributed by atoms with Crippen LogP contribution in [-0.4, -0.2) is 44.1 Å². The van der Waals surface area contributed by atoms with E-state index in [1.54, 1.807) is 7.11 Å². The third kappa shape index (κ3) is 3.99. The van der Waals surface area contributed by atoms with Gasteiger partial charge in [0.15, 0.2) is 0 Å². The first-order valence-electron chi connectivity index (χ1n) is 9.00. The van der Waals surface area contributed by atoms with Gasteiger partial charge in [-0.15, -0.1) is 0 Å². The Balaban J connectivity index is 1.56. The second-order valence-electron chi connectivity index (χ2n) is 6.90. The Labute approximate surface area is 144 Å². The molecule has 130 valence electrons. The molecule has 1 aromatic rings. The maximum absolute atomic E-state index is 12.7. The number of amides is 1. The van der Waals surface area contributed by atoms with Crippen LogP contribution in [-0.2, 0) is 11.2 Å². The highest BCUT2D eigenvalue weighted by Crippen LogP contribution is 2.34. The van der Waals surface area contributed by atoms with E-state index in [0.29, 0.717) is 0 Å². The van der Waals surface area contributed by atoms with Crippen LogP contribution in [0, 0.1) is 0 Å². The number of ether oxygens (including phenoxy) is 1. The number of nitrogens with one attached hydrogen (secondary N) is 1. The van der Waals surface area contributed by atoms with Gasteiger partial charge in [-0.05, 0) is 55.9 Å². The average Bonchev–Trinajstić information content (AvgIpc) is 2.62. The van der Waals surface area contributed by atoms with Crippen LogP contribution in [0.2, 0.25) is 0 Å². The molecular weight excluding hydrogens is 300 g/mol. The lowest BCUT2D eigenvalue weighted by Gasteiger charge is -2.27. The first-order chi connectivity index (χ1) is 11.7. The molecule has 1 N–H and O–H groups in total. The fourth-order valence-corrected chi connectivity index (χ4v) is 3.65. The molecule has 4 nitrogen and oxygen atoms in total. The quantitative estimate of drug-likeness (QED) is 0.845. The van der Waals surface area contributed by atoms with Gasteiger partial charge in [0.1, 0.15) is 5.75 Å². The molecule has 0 bridgehead atoms. The highest BCUT2D eigenvalue weighted by atomic mass is 16.5. The summed E-state index contributed by atoms with van der Waals surface area (Å²) in [6.07, 6.45) is 6.49. The molecule has 0 unspecified atom stereocenters. The lowest BCUT2D eigenvalue weighted by atomic mass is 9.82. The summed E-state index contributed by atoms with van der Waals surface area (Å²) in [6, 6.07) is 6.14. The van der Waals surface area contributed by atoms with E-state index in [1.165, 1.54) is 11.1 Å². The maximum atomic E-state index is 12.7. The normalized spacial score (nSPS) is 20.9. The standard InChI is InChI=1S/C20H28N2O2/c1-15-8-11-22(12-9-15)13-10-21-20(23)18-5-3-4-16-6-7-17(24-2)14-19(16)18/h6-8,14,18H,3-5,9-13H2,1-2H3,(H,21,23)/t18-/m1/s1. The summed E-state index contributed by atoms with van der Waals surface area (Å²) in [6.45, 7) is 5.94. The molecule has 0 spiro atoms. The van der Waals surface area contributed by atoms with Gasteiger partial charge in [0.25, 0.3) is 0 Å². The molecule has 2 aliphatic rings. The molecule has 0 saturated carbocycles. The van der Waals surface area contributed by atoms with Crippen molar-refractivity contribution in [2.45, 2.75) is 38.5 Å². The van der Waals surface area contributed by atoms with E-state index < -0.39 is 0 Å². The minimum Gasteiger partial charge on any atom is -0.497 e. The highest BCUT2D eigenvalue weighted by molar-refractivity contribution is 5.84. The molecule has 4 heteroatoms. The van der Waals surface area contributed by atoms with Crippen molar-refractivity contribution in [2.75, 3.05) is 33.3 Å². The van der Waals surface area contributed by atoms with Crippen LogP contribution in [0.15, 0.2) is 29.8 Å². The van der Waals surface area contributed by atoms with E-state index in [2.05, 4.69) is 29.3 Å². The van der Waals surface area contributed by atoms with Gasteiger partial charge in [-0.2, -0.15) is 0 Å². The first-order valence-corrected chi connectivity index (χ1v) is 9.00. The zero-order chi connectivity index (χ0) is 16.9. The second kappa shape index (κ2) is 7.84. The lowest BCUT2D eigenvalue weighted by Crippen LogP contribution is -2.39. The monoisotopic (exact) mass is 328 g/mol. The van der Waals surface area contributed by atoms with Crippen molar-refractivity contribution in [3.8, 4) is 5.75 Å². The molecule has 1 heterocycles. The number of fused-ring (bicyclic) bond motifs is 1. The van der Waals surface area contributed by atoms with E-state index >= 15 is 0 Å². The van der Waals surface area contributed by atoms with Gasteiger partial charge < -0.3 is 10.1 Å². The van der Waals surface area contributed by atoms with E-state index in [4.69, 9.17) is 4.74 Å². The lowest BCUT2D eigenvalue weighted by molar-refractivity contribution is -0.122. The van der Waals surface area contributed by atoms with E-state index in [0.717, 1.165) is 63.2 Å². The number of hydrogen-bond acceptors (Lipinski definition) is 3. The summed E-state index contributed by atoms with van der Waals surface area (Å²) in [5, 5.41) is 3.15. The Morgan fingerprint density at radius 2 is 2.25 bits per heavy atom. The van der Waals surface area contributed by atoms with Crippen molar-refractivity contribution in [2.24, 2.45) is 0 Å². The van der Waals surface area contributed by atoms with E-state index in [1.807, 2.05) is 12.1 Å². The van der Waals surface area contributed by atoms with Crippen molar-refractivity contribution < 1.29 is 9.53 Å². The molecule has 3 rings (SSSR count). The van der Waals surface area contributed by atoms with Gasteiger partial charge in [0, 0.05) is 26.2 Å². The molecule has 1 atom stereocenters. The van der Waals surface area contributed by atoms with Crippen molar-refractivity contribution >= 4 is 5.91 Å². The summed E-state index contributed by atoms with van der Waals surface area (Å²) in [5.74, 6) is 0.962. The van der Waals surface area contributed by atoms with Crippen LogP contribution < -0.4 is 10.1 Å². The van der Waals surface area contributed by atoms with Gasteiger partial charge in [0.2, 0.25) is 5.91 Å². The SMILES string of the molecule is COc1ccc2c(c1)[C@H](C(=O)NCCN1CC=C(C)CC1)CCC2. The summed E-state index contributed by atoms with van der Waals surface area (Å²) in [4.78, 5) is 15.1. The van der Waals surface area contributed by atoms with Crippen LogP contribution in [0.3, 0.4) is 0 Å². The third-order valence-corrected chi connectivity index (χ3v) is 5.23. The van der Waals surface area contributed by atoms with Crippen LogP contribution in [0.1, 0.15) is 43.2 Å². The third-order valence-electron chi connectivity index (χ3n) is 5.23. The summed E-state index contributed by atoms with van der Waals surface area (Å²) >= 11 is 0. The van der Waals surface area contributed by atoms with Gasteiger partial charge in [-0.1, -0.05) is 17.7 Å². The Morgan fingerprint density at radius 3 is 3.00 bits per heavy atom. The number of carbonyl (C=O) groups excluding carboxylic acids is 1. The predicted molar refractivity (Wildman–Crippen MR) is 96.5 cm³/mol. The smallest absolute Gasteiger partial charge is 0.227 e. The van der Waals surface area contributed by atoms with Crippen LogP contribution in [0.5, 0.6) is 5.75 Å². The van der Waals surface area contributed by atoms with Crippen molar-refractivity contribution in [3.63, 3.8) is 0 Å².